The summed E-state index contributed by atoms with van der Waals surface area (Å²) in [4.78, 5) is 33.1. The number of rotatable bonds is 9. The first-order valence-electron chi connectivity index (χ1n) is 11.4. The van der Waals surface area contributed by atoms with Gasteiger partial charge in [0, 0.05) is 45.1 Å². The first kappa shape index (κ1) is 25.5. The number of carbonyl (C=O) groups excluding carboxylic acids is 2. The maximum Gasteiger partial charge on any atom is 0.339 e. The van der Waals surface area contributed by atoms with Crippen molar-refractivity contribution in [1.29, 1.82) is 0 Å². The number of amides is 1. The van der Waals surface area contributed by atoms with Crippen LogP contribution in [0.2, 0.25) is 0 Å². The van der Waals surface area contributed by atoms with E-state index in [1.165, 1.54) is 18.3 Å². The van der Waals surface area contributed by atoms with Crippen molar-refractivity contribution < 1.29 is 27.5 Å². The number of nitrogens with zero attached hydrogens (tertiary/aromatic N) is 3. The summed E-state index contributed by atoms with van der Waals surface area (Å²) in [5, 5.41) is 0. The van der Waals surface area contributed by atoms with Gasteiger partial charge in [0.15, 0.2) is 9.84 Å². The maximum absolute atomic E-state index is 12.7. The van der Waals surface area contributed by atoms with Crippen molar-refractivity contribution in [1.82, 2.24) is 9.88 Å². The van der Waals surface area contributed by atoms with Gasteiger partial charge < -0.3 is 19.3 Å². The molecular weight excluding hydrogens is 458 g/mol. The van der Waals surface area contributed by atoms with Crippen LogP contribution in [0.4, 0.5) is 5.82 Å². The van der Waals surface area contributed by atoms with Gasteiger partial charge in [-0.3, -0.25) is 4.79 Å². The van der Waals surface area contributed by atoms with E-state index in [9.17, 15) is 18.0 Å². The minimum atomic E-state index is -3.23. The molecule has 3 rings (SSSR count). The zero-order valence-corrected chi connectivity index (χ0v) is 20.4. The summed E-state index contributed by atoms with van der Waals surface area (Å²) in [7, 11) is -3.23. The summed E-state index contributed by atoms with van der Waals surface area (Å²) in [6, 6.07) is 9.78. The van der Waals surface area contributed by atoms with Gasteiger partial charge in [-0.25, -0.2) is 18.2 Å². The Morgan fingerprint density at radius 2 is 1.79 bits per heavy atom. The first-order valence-corrected chi connectivity index (χ1v) is 13.3. The van der Waals surface area contributed by atoms with Crippen LogP contribution in [0, 0.1) is 0 Å². The highest BCUT2D eigenvalue weighted by Crippen LogP contribution is 2.17. The number of hydrogen-bond acceptors (Lipinski definition) is 8. The maximum atomic E-state index is 12.7. The highest BCUT2D eigenvalue weighted by atomic mass is 32.2. The van der Waals surface area contributed by atoms with Crippen molar-refractivity contribution in [3.05, 3.63) is 48.2 Å². The minimum Gasteiger partial charge on any atom is -0.494 e. The van der Waals surface area contributed by atoms with Crippen LogP contribution in [0.1, 0.15) is 36.5 Å². The monoisotopic (exact) mass is 489 g/mol. The topological polar surface area (TPSA) is 106 Å². The second kappa shape index (κ2) is 11.8. The van der Waals surface area contributed by atoms with Crippen molar-refractivity contribution in [3.63, 3.8) is 0 Å². The van der Waals surface area contributed by atoms with E-state index in [1.807, 2.05) is 11.0 Å². The van der Waals surface area contributed by atoms with Gasteiger partial charge in [0.05, 0.1) is 23.7 Å². The largest absolute Gasteiger partial charge is 0.494 e. The van der Waals surface area contributed by atoms with E-state index >= 15 is 0 Å². The van der Waals surface area contributed by atoms with Crippen LogP contribution in [0.15, 0.2) is 47.5 Å². The molecule has 0 unspecified atom stereocenters. The highest BCUT2D eigenvalue weighted by molar-refractivity contribution is 7.90. The molecule has 1 aliphatic rings. The molecule has 1 amide bonds. The van der Waals surface area contributed by atoms with Crippen LogP contribution < -0.4 is 9.64 Å². The smallest absolute Gasteiger partial charge is 0.339 e. The summed E-state index contributed by atoms with van der Waals surface area (Å²) < 4.78 is 33.6. The molecule has 0 saturated carbocycles. The number of sulfone groups is 1. The van der Waals surface area contributed by atoms with Crippen LogP contribution in [-0.2, 0) is 19.4 Å². The normalized spacial score (nSPS) is 14.4. The predicted octanol–water partition coefficient (Wildman–Crippen LogP) is 2.56. The molecule has 0 bridgehead atoms. The molecule has 0 N–H and O–H groups in total. The number of carbonyl (C=O) groups is 2. The Hall–Kier alpha value is -3.14. The summed E-state index contributed by atoms with van der Waals surface area (Å²) in [5.74, 6) is 1.05. The van der Waals surface area contributed by atoms with E-state index in [2.05, 4.69) is 9.88 Å². The van der Waals surface area contributed by atoms with Crippen molar-refractivity contribution in [2.45, 2.75) is 31.1 Å². The van der Waals surface area contributed by atoms with E-state index in [4.69, 9.17) is 9.47 Å². The van der Waals surface area contributed by atoms with Crippen LogP contribution in [-0.4, -0.2) is 75.8 Å². The van der Waals surface area contributed by atoms with Gasteiger partial charge in [-0.1, -0.05) is 0 Å². The summed E-state index contributed by atoms with van der Waals surface area (Å²) in [6.07, 6.45) is 4.47. The minimum absolute atomic E-state index is 0.0866. The molecule has 0 radical (unpaired) electrons. The van der Waals surface area contributed by atoms with E-state index in [-0.39, 0.29) is 16.8 Å². The Morgan fingerprint density at radius 3 is 2.44 bits per heavy atom. The van der Waals surface area contributed by atoms with E-state index in [0.29, 0.717) is 57.0 Å². The molecule has 0 spiro atoms. The molecule has 2 aromatic rings. The molecule has 0 aliphatic carbocycles. The molecule has 1 aliphatic heterocycles. The lowest BCUT2D eigenvalue weighted by atomic mass is 10.2. The van der Waals surface area contributed by atoms with E-state index in [0.717, 1.165) is 25.0 Å². The number of aromatic nitrogens is 1. The van der Waals surface area contributed by atoms with Gasteiger partial charge in [-0.05, 0) is 56.2 Å². The average Bonchev–Trinajstić information content (AvgIpc) is 3.08. The number of benzene rings is 1. The molecule has 0 atom stereocenters. The van der Waals surface area contributed by atoms with Gasteiger partial charge in [0.25, 0.3) is 0 Å². The Morgan fingerprint density at radius 1 is 1.03 bits per heavy atom. The third-order valence-corrected chi connectivity index (χ3v) is 6.62. The van der Waals surface area contributed by atoms with Crippen LogP contribution in [0.3, 0.4) is 0 Å². The Bertz CT molecular complexity index is 1070. The fourth-order valence-corrected chi connectivity index (χ4v) is 4.29. The average molecular weight is 490 g/mol. The molecule has 10 heteroatoms. The molecule has 2 heterocycles. The molecule has 1 saturated heterocycles. The van der Waals surface area contributed by atoms with Crippen molar-refractivity contribution in [2.75, 3.05) is 50.5 Å². The second-order valence-corrected chi connectivity index (χ2v) is 10.1. The molecule has 1 aromatic heterocycles. The molecular formula is C24H31N3O6S. The fourth-order valence-electron chi connectivity index (χ4n) is 3.66. The Kier molecular flexibility index (Phi) is 8.86. The Labute approximate surface area is 200 Å². The number of pyridine rings is 1. The fraction of sp³-hybridized carbons (Fsp3) is 0.458. The SMILES string of the molecule is CCOC(=O)c1ccc(N2CCCN(C(=O)CCCOc3ccc(S(C)(=O)=O)cc3)CC2)nc1. The zero-order chi connectivity index (χ0) is 24.6. The lowest BCUT2D eigenvalue weighted by molar-refractivity contribution is -0.131. The molecule has 34 heavy (non-hydrogen) atoms. The second-order valence-electron chi connectivity index (χ2n) is 8.04. The van der Waals surface area contributed by atoms with Crippen LogP contribution in [0.5, 0.6) is 5.75 Å². The molecule has 1 fully saturated rings. The third-order valence-electron chi connectivity index (χ3n) is 5.49. The number of hydrogen-bond donors (Lipinski definition) is 0. The van der Waals surface area contributed by atoms with Crippen molar-refractivity contribution >= 4 is 27.5 Å². The predicted molar refractivity (Wildman–Crippen MR) is 128 cm³/mol. The third kappa shape index (κ3) is 7.18. The lowest BCUT2D eigenvalue weighted by Gasteiger charge is -2.23. The number of esters is 1. The lowest BCUT2D eigenvalue weighted by Crippen LogP contribution is -2.35. The van der Waals surface area contributed by atoms with Gasteiger partial charge >= 0.3 is 5.97 Å². The highest BCUT2D eigenvalue weighted by Gasteiger charge is 2.20. The van der Waals surface area contributed by atoms with E-state index < -0.39 is 9.84 Å². The summed E-state index contributed by atoms with van der Waals surface area (Å²) in [5.41, 5.74) is 0.422. The number of ether oxygens (including phenoxy) is 2. The van der Waals surface area contributed by atoms with Gasteiger partial charge in [0.2, 0.25) is 5.91 Å². The van der Waals surface area contributed by atoms with Gasteiger partial charge in [-0.15, -0.1) is 0 Å². The number of anilines is 1. The van der Waals surface area contributed by atoms with Gasteiger partial charge in [-0.2, -0.15) is 0 Å². The standard InChI is InChI=1S/C24H31N3O6S/c1-3-32-24(29)19-7-12-22(25-18-19)26-13-5-14-27(16-15-26)23(28)6-4-17-33-20-8-10-21(11-9-20)34(2,30)31/h7-12,18H,3-6,13-17H2,1-2H3. The summed E-state index contributed by atoms with van der Waals surface area (Å²) >= 11 is 0. The van der Waals surface area contributed by atoms with Crippen molar-refractivity contribution in [2.24, 2.45) is 0 Å². The van der Waals surface area contributed by atoms with Crippen molar-refractivity contribution in [3.8, 4) is 5.75 Å². The van der Waals surface area contributed by atoms with Gasteiger partial charge in [0.1, 0.15) is 11.6 Å². The summed E-state index contributed by atoms with van der Waals surface area (Å²) in [6.45, 7) is 5.20. The molecule has 9 nitrogen and oxygen atoms in total. The molecule has 184 valence electrons. The first-order chi connectivity index (χ1) is 16.3. The Balaban J connectivity index is 1.42. The quantitative estimate of drug-likeness (QED) is 0.391. The van der Waals surface area contributed by atoms with E-state index in [1.54, 1.807) is 25.1 Å². The van der Waals surface area contributed by atoms with Crippen LogP contribution >= 0.6 is 0 Å². The molecule has 1 aromatic carbocycles. The zero-order valence-electron chi connectivity index (χ0n) is 19.6. The van der Waals surface area contributed by atoms with Crippen LogP contribution in [0.25, 0.3) is 0 Å².